The van der Waals surface area contributed by atoms with Crippen LogP contribution in [-0.4, -0.2) is 10.2 Å². The summed E-state index contributed by atoms with van der Waals surface area (Å²) in [5.74, 6) is 0. The molecule has 0 saturated carbocycles. The fraction of sp³-hybridized carbons (Fsp3) is 0.111. The topological polar surface area (TPSA) is 51.8 Å². The Kier molecular flexibility index (Phi) is 2.69. The molecule has 0 fully saturated rings. The third kappa shape index (κ3) is 2.05. The molecule has 0 aliphatic heterocycles. The molecular formula is C9H9N3S2. The number of nitrogen functional groups attached to an aromatic ring is 1. The second-order valence-corrected chi connectivity index (χ2v) is 4.98. The van der Waals surface area contributed by atoms with Crippen LogP contribution in [0.5, 0.6) is 0 Å². The Labute approximate surface area is 90.4 Å². The molecule has 0 bridgehead atoms. The van der Waals surface area contributed by atoms with Gasteiger partial charge in [0.15, 0.2) is 4.34 Å². The number of rotatable bonds is 2. The average Bonchev–Trinajstić information content (AvgIpc) is 2.64. The van der Waals surface area contributed by atoms with Crippen molar-refractivity contribution in [2.75, 3.05) is 5.73 Å². The van der Waals surface area contributed by atoms with Gasteiger partial charge >= 0.3 is 0 Å². The Morgan fingerprint density at radius 1 is 1.43 bits per heavy atom. The highest BCUT2D eigenvalue weighted by atomic mass is 32.2. The number of aryl methyl sites for hydroxylation is 1. The van der Waals surface area contributed by atoms with E-state index in [4.69, 9.17) is 5.73 Å². The van der Waals surface area contributed by atoms with Gasteiger partial charge in [-0.15, -0.1) is 10.2 Å². The van der Waals surface area contributed by atoms with E-state index in [0.29, 0.717) is 0 Å². The largest absolute Gasteiger partial charge is 0.398 e. The maximum absolute atomic E-state index is 5.80. The van der Waals surface area contributed by atoms with Crippen LogP contribution in [0, 0.1) is 6.92 Å². The summed E-state index contributed by atoms with van der Waals surface area (Å²) in [4.78, 5) is 1.10. The molecule has 0 saturated heterocycles. The molecule has 2 rings (SSSR count). The van der Waals surface area contributed by atoms with Crippen LogP contribution in [0.2, 0.25) is 0 Å². The van der Waals surface area contributed by atoms with Gasteiger partial charge in [-0.1, -0.05) is 29.2 Å². The van der Waals surface area contributed by atoms with Gasteiger partial charge in [-0.3, -0.25) is 0 Å². The van der Waals surface area contributed by atoms with Crippen molar-refractivity contribution in [1.29, 1.82) is 0 Å². The summed E-state index contributed by atoms with van der Waals surface area (Å²) in [5, 5.41) is 7.73. The highest BCUT2D eigenvalue weighted by Crippen LogP contribution is 2.30. The van der Waals surface area contributed by atoms with Crippen molar-refractivity contribution in [3.8, 4) is 0 Å². The highest BCUT2D eigenvalue weighted by Gasteiger charge is 2.01. The molecule has 2 aromatic rings. The molecule has 3 nitrogen and oxygen atoms in total. The van der Waals surface area contributed by atoms with Crippen LogP contribution >= 0.6 is 23.1 Å². The molecule has 1 aromatic heterocycles. The maximum Gasteiger partial charge on any atom is 0.178 e. The van der Waals surface area contributed by atoms with Gasteiger partial charge < -0.3 is 5.73 Å². The molecule has 1 heterocycles. The van der Waals surface area contributed by atoms with Crippen LogP contribution in [0.25, 0.3) is 0 Å². The number of nitrogens with zero attached hydrogens (tertiary/aromatic N) is 2. The van der Waals surface area contributed by atoms with E-state index in [1.54, 1.807) is 17.3 Å². The number of aromatic nitrogens is 2. The van der Waals surface area contributed by atoms with E-state index in [0.717, 1.165) is 20.5 Å². The Morgan fingerprint density at radius 3 is 2.93 bits per heavy atom. The minimum atomic E-state index is 0.819. The predicted molar refractivity (Wildman–Crippen MR) is 59.6 cm³/mol. The van der Waals surface area contributed by atoms with Crippen LogP contribution in [0.1, 0.15) is 5.56 Å². The lowest BCUT2D eigenvalue weighted by atomic mass is 10.2. The zero-order valence-corrected chi connectivity index (χ0v) is 9.23. The smallest absolute Gasteiger partial charge is 0.178 e. The predicted octanol–water partition coefficient (Wildman–Crippen LogP) is 2.58. The monoisotopic (exact) mass is 223 g/mol. The number of hydrogen-bond acceptors (Lipinski definition) is 5. The summed E-state index contributed by atoms with van der Waals surface area (Å²) in [7, 11) is 0. The third-order valence-corrected chi connectivity index (χ3v) is 3.56. The van der Waals surface area contributed by atoms with Crippen molar-refractivity contribution in [2.45, 2.75) is 16.2 Å². The minimum absolute atomic E-state index is 0.819. The Bertz CT molecular complexity index is 426. The molecule has 5 heteroatoms. The molecule has 0 spiro atoms. The fourth-order valence-corrected chi connectivity index (χ4v) is 2.49. The van der Waals surface area contributed by atoms with Gasteiger partial charge in [0.25, 0.3) is 0 Å². The Hall–Kier alpha value is -1.07. The lowest BCUT2D eigenvalue weighted by Gasteiger charge is -2.01. The summed E-state index contributed by atoms with van der Waals surface area (Å²) in [6.45, 7) is 1.99. The van der Waals surface area contributed by atoms with Crippen molar-refractivity contribution in [2.24, 2.45) is 0 Å². The Morgan fingerprint density at radius 2 is 2.29 bits per heavy atom. The zero-order chi connectivity index (χ0) is 9.97. The minimum Gasteiger partial charge on any atom is -0.398 e. The van der Waals surface area contributed by atoms with Crippen molar-refractivity contribution >= 4 is 28.8 Å². The van der Waals surface area contributed by atoms with Gasteiger partial charge in [-0.25, -0.2) is 0 Å². The highest BCUT2D eigenvalue weighted by molar-refractivity contribution is 8.01. The maximum atomic E-state index is 5.80. The standard InChI is InChI=1S/C9H9N3S2/c1-6-2-3-7(4-8(6)10)14-9-12-11-5-13-9/h2-5H,10H2,1H3. The van der Waals surface area contributed by atoms with E-state index in [1.807, 2.05) is 25.1 Å². The summed E-state index contributed by atoms with van der Waals surface area (Å²) in [6, 6.07) is 6.01. The molecule has 1 aromatic carbocycles. The van der Waals surface area contributed by atoms with Crippen molar-refractivity contribution in [3.63, 3.8) is 0 Å². The molecule has 0 amide bonds. The molecule has 0 radical (unpaired) electrons. The molecule has 0 aliphatic carbocycles. The SMILES string of the molecule is Cc1ccc(Sc2nncs2)cc1N. The van der Waals surface area contributed by atoms with Gasteiger partial charge in [-0.2, -0.15) is 0 Å². The molecule has 72 valence electrons. The molecule has 0 aliphatic rings. The Balaban J connectivity index is 2.22. The van der Waals surface area contributed by atoms with Crippen molar-refractivity contribution in [3.05, 3.63) is 29.3 Å². The second kappa shape index (κ2) is 3.98. The number of nitrogens with two attached hydrogens (primary N) is 1. The van der Waals surface area contributed by atoms with Gasteiger partial charge in [0, 0.05) is 10.6 Å². The van der Waals surface area contributed by atoms with Gasteiger partial charge in [0.05, 0.1) is 0 Å². The first-order valence-corrected chi connectivity index (χ1v) is 5.75. The van der Waals surface area contributed by atoms with E-state index in [1.165, 1.54) is 11.3 Å². The molecule has 0 unspecified atom stereocenters. The number of benzene rings is 1. The van der Waals surface area contributed by atoms with Crippen LogP contribution in [0.3, 0.4) is 0 Å². The molecule has 0 atom stereocenters. The number of hydrogen-bond donors (Lipinski definition) is 1. The third-order valence-electron chi connectivity index (χ3n) is 1.80. The fourth-order valence-electron chi connectivity index (χ4n) is 0.990. The summed E-state index contributed by atoms with van der Waals surface area (Å²) in [6.07, 6.45) is 0. The van der Waals surface area contributed by atoms with Crippen LogP contribution in [0.15, 0.2) is 32.9 Å². The van der Waals surface area contributed by atoms with Gasteiger partial charge in [0.1, 0.15) is 5.51 Å². The van der Waals surface area contributed by atoms with E-state index in [2.05, 4.69) is 10.2 Å². The first-order chi connectivity index (χ1) is 6.75. The van der Waals surface area contributed by atoms with Crippen LogP contribution < -0.4 is 5.73 Å². The summed E-state index contributed by atoms with van der Waals surface area (Å²) in [5.41, 5.74) is 9.45. The lowest BCUT2D eigenvalue weighted by Crippen LogP contribution is -1.88. The quantitative estimate of drug-likeness (QED) is 0.795. The van der Waals surface area contributed by atoms with Crippen molar-refractivity contribution < 1.29 is 0 Å². The second-order valence-electron chi connectivity index (χ2n) is 2.83. The van der Waals surface area contributed by atoms with Crippen LogP contribution in [0.4, 0.5) is 5.69 Å². The zero-order valence-electron chi connectivity index (χ0n) is 7.60. The van der Waals surface area contributed by atoms with E-state index >= 15 is 0 Å². The van der Waals surface area contributed by atoms with Crippen molar-refractivity contribution in [1.82, 2.24) is 10.2 Å². The molecule has 2 N–H and O–H groups in total. The van der Waals surface area contributed by atoms with Gasteiger partial charge in [-0.05, 0) is 24.6 Å². The number of anilines is 1. The normalized spacial score (nSPS) is 10.4. The molecule has 14 heavy (non-hydrogen) atoms. The summed E-state index contributed by atoms with van der Waals surface area (Å²) >= 11 is 3.11. The first-order valence-electron chi connectivity index (χ1n) is 4.06. The summed E-state index contributed by atoms with van der Waals surface area (Å²) < 4.78 is 0.938. The van der Waals surface area contributed by atoms with E-state index < -0.39 is 0 Å². The van der Waals surface area contributed by atoms with E-state index in [9.17, 15) is 0 Å². The van der Waals surface area contributed by atoms with Gasteiger partial charge in [0.2, 0.25) is 0 Å². The lowest BCUT2D eigenvalue weighted by molar-refractivity contribution is 1.01. The first kappa shape index (κ1) is 9.48. The average molecular weight is 223 g/mol. The van der Waals surface area contributed by atoms with Crippen LogP contribution in [-0.2, 0) is 0 Å². The molecular weight excluding hydrogens is 214 g/mol. The van der Waals surface area contributed by atoms with E-state index in [-0.39, 0.29) is 0 Å².